The van der Waals surface area contributed by atoms with Gasteiger partial charge in [0.15, 0.2) is 6.61 Å². The molecule has 2 atom stereocenters. The number of ether oxygens (including phenoxy) is 1. The fourth-order valence-corrected chi connectivity index (χ4v) is 2.63. The van der Waals surface area contributed by atoms with E-state index in [1.165, 1.54) is 0 Å². The molecule has 0 radical (unpaired) electrons. The normalized spacial score (nSPS) is 12.9. The Morgan fingerprint density at radius 1 is 1.08 bits per heavy atom. The molecule has 2 unspecified atom stereocenters. The topological polar surface area (TPSA) is 75.6 Å². The van der Waals surface area contributed by atoms with Gasteiger partial charge in [-0.05, 0) is 35.7 Å². The molecule has 5 heteroatoms. The van der Waals surface area contributed by atoms with Gasteiger partial charge in [0.05, 0.1) is 5.92 Å². The second-order valence-electron chi connectivity index (χ2n) is 5.97. The van der Waals surface area contributed by atoms with Gasteiger partial charge in [0.1, 0.15) is 5.75 Å². The maximum Gasteiger partial charge on any atom is 0.341 e. The number of carbonyl (C=O) groups is 2. The molecule has 2 N–H and O–H groups in total. The van der Waals surface area contributed by atoms with Gasteiger partial charge in [0.25, 0.3) is 0 Å². The highest BCUT2D eigenvalue weighted by molar-refractivity contribution is 5.96. The standard InChI is InChI=1S/C20H23NO4/c1-3-14(2)19(15-7-5-4-6-8-15)20(24)21-16-9-11-17(12-10-16)25-13-18(22)23/h4-12,14,19H,3,13H2,1-2H3,(H,21,24)(H,22,23). The number of hydrogen-bond donors (Lipinski definition) is 2. The van der Waals surface area contributed by atoms with E-state index in [2.05, 4.69) is 19.2 Å². The largest absolute Gasteiger partial charge is 0.482 e. The van der Waals surface area contributed by atoms with Gasteiger partial charge in [0.2, 0.25) is 5.91 Å². The molecule has 2 aromatic carbocycles. The molecule has 25 heavy (non-hydrogen) atoms. The van der Waals surface area contributed by atoms with Crippen LogP contribution in [-0.4, -0.2) is 23.6 Å². The molecule has 0 bridgehead atoms. The minimum atomic E-state index is -1.03. The Bertz CT molecular complexity index is 697. The van der Waals surface area contributed by atoms with Gasteiger partial charge in [-0.3, -0.25) is 4.79 Å². The van der Waals surface area contributed by atoms with Gasteiger partial charge in [-0.25, -0.2) is 4.79 Å². The third-order valence-corrected chi connectivity index (χ3v) is 4.14. The van der Waals surface area contributed by atoms with Gasteiger partial charge in [0, 0.05) is 5.69 Å². The van der Waals surface area contributed by atoms with Crippen LogP contribution in [0.5, 0.6) is 5.75 Å². The monoisotopic (exact) mass is 341 g/mol. The van der Waals surface area contributed by atoms with E-state index in [1.54, 1.807) is 24.3 Å². The second kappa shape index (κ2) is 8.87. The summed E-state index contributed by atoms with van der Waals surface area (Å²) < 4.78 is 5.09. The molecule has 2 aromatic rings. The van der Waals surface area contributed by atoms with Crippen molar-refractivity contribution in [1.29, 1.82) is 0 Å². The van der Waals surface area contributed by atoms with Gasteiger partial charge in [-0.15, -0.1) is 0 Å². The third kappa shape index (κ3) is 5.35. The van der Waals surface area contributed by atoms with E-state index in [0.717, 1.165) is 12.0 Å². The van der Waals surface area contributed by atoms with Crippen LogP contribution in [0.3, 0.4) is 0 Å². The van der Waals surface area contributed by atoms with Crippen LogP contribution in [0.25, 0.3) is 0 Å². The maximum absolute atomic E-state index is 12.8. The summed E-state index contributed by atoms with van der Waals surface area (Å²) >= 11 is 0. The Hall–Kier alpha value is -2.82. The number of nitrogens with one attached hydrogen (secondary N) is 1. The predicted molar refractivity (Wildman–Crippen MR) is 96.8 cm³/mol. The Morgan fingerprint density at radius 2 is 1.72 bits per heavy atom. The van der Waals surface area contributed by atoms with E-state index in [9.17, 15) is 9.59 Å². The van der Waals surface area contributed by atoms with Crippen molar-refractivity contribution in [1.82, 2.24) is 0 Å². The lowest BCUT2D eigenvalue weighted by molar-refractivity contribution is -0.139. The van der Waals surface area contributed by atoms with Crippen molar-refractivity contribution in [2.75, 3.05) is 11.9 Å². The zero-order valence-electron chi connectivity index (χ0n) is 14.4. The zero-order chi connectivity index (χ0) is 18.2. The summed E-state index contributed by atoms with van der Waals surface area (Å²) in [4.78, 5) is 23.3. The number of aliphatic carboxylic acids is 1. The van der Waals surface area contributed by atoms with Crippen molar-refractivity contribution < 1.29 is 19.4 Å². The van der Waals surface area contributed by atoms with Crippen LogP contribution in [0.15, 0.2) is 54.6 Å². The first-order valence-electron chi connectivity index (χ1n) is 8.31. The molecule has 0 saturated heterocycles. The molecule has 0 spiro atoms. The summed E-state index contributed by atoms with van der Waals surface area (Å²) in [7, 11) is 0. The molecule has 1 amide bonds. The molecule has 0 aliphatic carbocycles. The highest BCUT2D eigenvalue weighted by atomic mass is 16.5. The SMILES string of the molecule is CCC(C)C(C(=O)Nc1ccc(OCC(=O)O)cc1)c1ccccc1. The van der Waals surface area contributed by atoms with Gasteiger partial charge in [-0.1, -0.05) is 50.6 Å². The number of hydrogen-bond acceptors (Lipinski definition) is 3. The van der Waals surface area contributed by atoms with Crippen LogP contribution in [-0.2, 0) is 9.59 Å². The number of carbonyl (C=O) groups excluding carboxylic acids is 1. The fourth-order valence-electron chi connectivity index (χ4n) is 2.63. The fraction of sp³-hybridized carbons (Fsp3) is 0.300. The lowest BCUT2D eigenvalue weighted by Crippen LogP contribution is -2.26. The van der Waals surface area contributed by atoms with E-state index in [1.807, 2.05) is 30.3 Å². The quantitative estimate of drug-likeness (QED) is 0.763. The Balaban J connectivity index is 2.09. The first kappa shape index (κ1) is 18.5. The Labute approximate surface area is 147 Å². The molecular formula is C20H23NO4. The van der Waals surface area contributed by atoms with Crippen molar-refractivity contribution in [3.63, 3.8) is 0 Å². The van der Waals surface area contributed by atoms with Crippen LogP contribution in [0.1, 0.15) is 31.7 Å². The predicted octanol–water partition coefficient (Wildman–Crippen LogP) is 3.92. The van der Waals surface area contributed by atoms with Gasteiger partial charge < -0.3 is 15.2 Å². The highest BCUT2D eigenvalue weighted by Gasteiger charge is 2.25. The van der Waals surface area contributed by atoms with Crippen LogP contribution in [0.2, 0.25) is 0 Å². The van der Waals surface area contributed by atoms with E-state index in [0.29, 0.717) is 11.4 Å². The molecule has 0 saturated carbocycles. The summed E-state index contributed by atoms with van der Waals surface area (Å²) in [5.41, 5.74) is 1.65. The minimum Gasteiger partial charge on any atom is -0.482 e. The molecular weight excluding hydrogens is 318 g/mol. The lowest BCUT2D eigenvalue weighted by Gasteiger charge is -2.23. The van der Waals surface area contributed by atoms with Crippen molar-refractivity contribution in [2.24, 2.45) is 5.92 Å². The second-order valence-corrected chi connectivity index (χ2v) is 5.97. The van der Waals surface area contributed by atoms with Crippen molar-refractivity contribution >= 4 is 17.6 Å². The number of carboxylic acid groups (broad SMARTS) is 1. The van der Waals surface area contributed by atoms with Crippen molar-refractivity contribution in [3.8, 4) is 5.75 Å². The average molecular weight is 341 g/mol. The van der Waals surface area contributed by atoms with Gasteiger partial charge >= 0.3 is 5.97 Å². The van der Waals surface area contributed by atoms with E-state index in [4.69, 9.17) is 9.84 Å². The first-order chi connectivity index (χ1) is 12.0. The van der Waals surface area contributed by atoms with Crippen molar-refractivity contribution in [2.45, 2.75) is 26.2 Å². The van der Waals surface area contributed by atoms with Crippen LogP contribution < -0.4 is 10.1 Å². The van der Waals surface area contributed by atoms with Crippen molar-refractivity contribution in [3.05, 3.63) is 60.2 Å². The third-order valence-electron chi connectivity index (χ3n) is 4.14. The Morgan fingerprint density at radius 3 is 2.28 bits per heavy atom. The summed E-state index contributed by atoms with van der Waals surface area (Å²) in [5, 5.41) is 11.5. The minimum absolute atomic E-state index is 0.0558. The number of rotatable bonds is 8. The molecule has 0 aromatic heterocycles. The molecule has 0 fully saturated rings. The summed E-state index contributed by atoms with van der Waals surface area (Å²) in [6, 6.07) is 16.4. The highest BCUT2D eigenvalue weighted by Crippen LogP contribution is 2.28. The number of benzene rings is 2. The van der Waals surface area contributed by atoms with Gasteiger partial charge in [-0.2, -0.15) is 0 Å². The maximum atomic E-state index is 12.8. The molecule has 132 valence electrons. The number of carboxylic acids is 1. The van der Waals surface area contributed by atoms with E-state index >= 15 is 0 Å². The summed E-state index contributed by atoms with van der Waals surface area (Å²) in [5.74, 6) is -0.659. The van der Waals surface area contributed by atoms with Crippen LogP contribution in [0, 0.1) is 5.92 Å². The van der Waals surface area contributed by atoms with Crippen LogP contribution in [0.4, 0.5) is 5.69 Å². The smallest absolute Gasteiger partial charge is 0.341 e. The van der Waals surface area contributed by atoms with E-state index in [-0.39, 0.29) is 17.7 Å². The van der Waals surface area contributed by atoms with Crippen LogP contribution >= 0.6 is 0 Å². The molecule has 0 aliphatic heterocycles. The first-order valence-corrected chi connectivity index (χ1v) is 8.31. The Kier molecular flexibility index (Phi) is 6.57. The average Bonchev–Trinajstić information content (AvgIpc) is 2.62. The molecule has 0 aliphatic rings. The summed E-state index contributed by atoms with van der Waals surface area (Å²) in [6.07, 6.45) is 0.898. The number of amides is 1. The summed E-state index contributed by atoms with van der Waals surface area (Å²) in [6.45, 7) is 3.75. The lowest BCUT2D eigenvalue weighted by atomic mass is 9.85. The molecule has 2 rings (SSSR count). The zero-order valence-corrected chi connectivity index (χ0v) is 14.4. The van der Waals surface area contributed by atoms with E-state index < -0.39 is 12.6 Å². The molecule has 0 heterocycles. The number of anilines is 1. The molecule has 5 nitrogen and oxygen atoms in total.